The summed E-state index contributed by atoms with van der Waals surface area (Å²) in [6.07, 6.45) is 1.77. The molecule has 0 amide bonds. The van der Waals surface area contributed by atoms with Crippen molar-refractivity contribution >= 4 is 0 Å². The molecule has 0 saturated heterocycles. The Labute approximate surface area is 128 Å². The van der Waals surface area contributed by atoms with Gasteiger partial charge in [-0.3, -0.25) is 0 Å². The second-order valence-electron chi connectivity index (χ2n) is 5.51. The van der Waals surface area contributed by atoms with Crippen LogP contribution in [0.2, 0.25) is 0 Å². The molecular formula is C17H26N2O2. The Hall–Kier alpha value is -1.73. The Morgan fingerprint density at radius 2 is 1.90 bits per heavy atom. The highest BCUT2D eigenvalue weighted by atomic mass is 16.5. The first-order chi connectivity index (χ1) is 10.1. The van der Waals surface area contributed by atoms with Gasteiger partial charge in [0.2, 0.25) is 0 Å². The first kappa shape index (κ1) is 17.3. The zero-order valence-electron chi connectivity index (χ0n) is 13.7. The molecule has 0 aromatic heterocycles. The van der Waals surface area contributed by atoms with Crippen molar-refractivity contribution in [1.82, 2.24) is 5.32 Å². The van der Waals surface area contributed by atoms with Gasteiger partial charge in [-0.1, -0.05) is 19.9 Å². The van der Waals surface area contributed by atoms with E-state index in [2.05, 4.69) is 25.2 Å². The topological polar surface area (TPSA) is 54.3 Å². The summed E-state index contributed by atoms with van der Waals surface area (Å²) in [7, 11) is 5.16. The standard InChI is InChI=1S/C17H26N2O2/c1-13(2)17(12-18,9-6-10-19-3)14-7-8-15(20-4)16(11-14)21-5/h7-8,11,13,19H,6,9-10H2,1-5H3/i3-1. The summed E-state index contributed by atoms with van der Waals surface area (Å²) in [6.45, 7) is 5.10. The number of benzene rings is 1. The lowest BCUT2D eigenvalue weighted by molar-refractivity contribution is 0.341. The molecule has 0 fully saturated rings. The molecule has 0 heterocycles. The maximum Gasteiger partial charge on any atom is 0.161 e. The van der Waals surface area contributed by atoms with Crippen LogP contribution in [0.4, 0.5) is 0 Å². The second-order valence-corrected chi connectivity index (χ2v) is 5.51. The smallest absolute Gasteiger partial charge is 0.161 e. The number of hydrogen-bond donors (Lipinski definition) is 1. The Balaban J connectivity index is 3.23. The van der Waals surface area contributed by atoms with Crippen LogP contribution < -0.4 is 14.8 Å². The SMILES string of the molecule is COc1ccc(C(C#N)(CCCN[11CH3])C(C)C)cc1OC. The maximum absolute atomic E-state index is 9.85. The van der Waals surface area contributed by atoms with Gasteiger partial charge in [0.15, 0.2) is 11.5 Å². The molecule has 1 aromatic carbocycles. The Morgan fingerprint density at radius 1 is 1.24 bits per heavy atom. The van der Waals surface area contributed by atoms with Crippen molar-refractivity contribution in [2.75, 3.05) is 27.8 Å². The third kappa shape index (κ3) is 3.68. The average Bonchev–Trinajstić information content (AvgIpc) is 2.51. The Kier molecular flexibility index (Phi) is 6.51. The molecule has 0 bridgehead atoms. The van der Waals surface area contributed by atoms with Crippen molar-refractivity contribution < 1.29 is 9.47 Å². The van der Waals surface area contributed by atoms with Gasteiger partial charge >= 0.3 is 0 Å². The van der Waals surface area contributed by atoms with Crippen LogP contribution in [0.25, 0.3) is 0 Å². The molecule has 4 heteroatoms. The lowest BCUT2D eigenvalue weighted by Crippen LogP contribution is -2.31. The van der Waals surface area contributed by atoms with Crippen LogP contribution in [0.1, 0.15) is 32.3 Å². The molecule has 1 atom stereocenters. The highest BCUT2D eigenvalue weighted by Crippen LogP contribution is 2.40. The van der Waals surface area contributed by atoms with Crippen molar-refractivity contribution in [3.05, 3.63) is 23.8 Å². The number of rotatable bonds is 8. The first-order valence-electron chi connectivity index (χ1n) is 7.34. The van der Waals surface area contributed by atoms with E-state index in [1.807, 2.05) is 25.2 Å². The van der Waals surface area contributed by atoms with E-state index >= 15 is 0 Å². The fourth-order valence-corrected chi connectivity index (χ4v) is 2.67. The molecule has 0 spiro atoms. The summed E-state index contributed by atoms with van der Waals surface area (Å²) in [5.74, 6) is 1.58. The Morgan fingerprint density at radius 3 is 2.38 bits per heavy atom. The number of ether oxygens (including phenoxy) is 2. The predicted molar refractivity (Wildman–Crippen MR) is 84.8 cm³/mol. The van der Waals surface area contributed by atoms with Crippen LogP contribution in [-0.4, -0.2) is 27.8 Å². The zero-order valence-corrected chi connectivity index (χ0v) is 13.7. The molecule has 1 aromatic rings. The third-order valence-electron chi connectivity index (χ3n) is 4.08. The fourth-order valence-electron chi connectivity index (χ4n) is 2.67. The van der Waals surface area contributed by atoms with E-state index in [-0.39, 0.29) is 5.92 Å². The average molecular weight is 289 g/mol. The largest absolute Gasteiger partial charge is 0.493 e. The number of nitrogens with zero attached hydrogens (tertiary/aromatic N) is 1. The summed E-state index contributed by atoms with van der Waals surface area (Å²) in [6, 6.07) is 8.34. The van der Waals surface area contributed by atoms with Crippen LogP contribution in [0.15, 0.2) is 18.2 Å². The lowest BCUT2D eigenvalue weighted by Gasteiger charge is -2.32. The molecule has 116 valence electrons. The third-order valence-corrected chi connectivity index (χ3v) is 4.08. The van der Waals surface area contributed by atoms with Gasteiger partial charge in [0.25, 0.3) is 0 Å². The van der Waals surface area contributed by atoms with Crippen LogP contribution in [0, 0.1) is 17.2 Å². The van der Waals surface area contributed by atoms with Crippen molar-refractivity contribution in [2.24, 2.45) is 5.92 Å². The summed E-state index contributed by atoms with van der Waals surface area (Å²) in [5, 5.41) is 13.0. The van der Waals surface area contributed by atoms with Crippen LogP contribution >= 0.6 is 0 Å². The molecule has 1 N–H and O–H groups in total. The van der Waals surface area contributed by atoms with E-state index < -0.39 is 5.41 Å². The molecule has 21 heavy (non-hydrogen) atoms. The molecule has 0 aliphatic rings. The van der Waals surface area contributed by atoms with Gasteiger partial charge in [0, 0.05) is 0 Å². The van der Waals surface area contributed by atoms with E-state index in [9.17, 15) is 5.26 Å². The molecule has 4 nitrogen and oxygen atoms in total. The lowest BCUT2D eigenvalue weighted by atomic mass is 9.69. The predicted octanol–water partition coefficient (Wildman–Crippen LogP) is 3.12. The van der Waals surface area contributed by atoms with Crippen LogP contribution in [0.5, 0.6) is 11.5 Å². The maximum atomic E-state index is 9.85. The molecule has 0 aliphatic heterocycles. The molecule has 0 saturated carbocycles. The fraction of sp³-hybridized carbons (Fsp3) is 0.588. The van der Waals surface area contributed by atoms with Crippen molar-refractivity contribution in [3.8, 4) is 17.6 Å². The van der Waals surface area contributed by atoms with E-state index in [0.29, 0.717) is 11.5 Å². The quantitative estimate of drug-likeness (QED) is 0.747. The van der Waals surface area contributed by atoms with Gasteiger partial charge in [0.1, 0.15) is 0 Å². The van der Waals surface area contributed by atoms with E-state index in [1.54, 1.807) is 14.2 Å². The summed E-state index contributed by atoms with van der Waals surface area (Å²) in [4.78, 5) is 0. The highest BCUT2D eigenvalue weighted by molar-refractivity contribution is 5.47. The summed E-state index contributed by atoms with van der Waals surface area (Å²) < 4.78 is 10.7. The normalized spacial score (nSPS) is 13.6. The van der Waals surface area contributed by atoms with Gasteiger partial charge in [-0.05, 0) is 50.0 Å². The molecular weight excluding hydrogens is 263 g/mol. The van der Waals surface area contributed by atoms with E-state index in [1.165, 1.54) is 0 Å². The summed E-state index contributed by atoms with van der Waals surface area (Å²) in [5.41, 5.74) is 0.491. The summed E-state index contributed by atoms with van der Waals surface area (Å²) >= 11 is 0. The first-order valence-corrected chi connectivity index (χ1v) is 7.34. The minimum Gasteiger partial charge on any atom is -0.493 e. The van der Waals surface area contributed by atoms with Crippen molar-refractivity contribution in [1.29, 1.82) is 5.26 Å². The minimum absolute atomic E-state index is 0.220. The number of hydrogen-bond acceptors (Lipinski definition) is 4. The van der Waals surface area contributed by atoms with Crippen LogP contribution in [-0.2, 0) is 5.41 Å². The van der Waals surface area contributed by atoms with Gasteiger partial charge in [-0.15, -0.1) is 0 Å². The number of methoxy groups -OCH3 is 2. The van der Waals surface area contributed by atoms with Gasteiger partial charge in [-0.2, -0.15) is 5.26 Å². The van der Waals surface area contributed by atoms with Gasteiger partial charge in [-0.25, -0.2) is 0 Å². The molecule has 1 rings (SSSR count). The van der Waals surface area contributed by atoms with E-state index in [0.717, 1.165) is 24.9 Å². The van der Waals surface area contributed by atoms with Crippen molar-refractivity contribution in [2.45, 2.75) is 32.1 Å². The Bertz CT molecular complexity index is 494. The van der Waals surface area contributed by atoms with Crippen molar-refractivity contribution in [3.63, 3.8) is 0 Å². The number of nitrogens with one attached hydrogen (secondary N) is 1. The molecule has 1 unspecified atom stereocenters. The van der Waals surface area contributed by atoms with Gasteiger partial charge < -0.3 is 14.8 Å². The second kappa shape index (κ2) is 7.90. The zero-order chi connectivity index (χ0) is 15.9. The molecule has 0 aliphatic carbocycles. The highest BCUT2D eigenvalue weighted by Gasteiger charge is 2.36. The number of nitriles is 1. The van der Waals surface area contributed by atoms with E-state index in [4.69, 9.17) is 9.47 Å². The van der Waals surface area contributed by atoms with Gasteiger partial charge in [0.05, 0.1) is 25.7 Å². The monoisotopic (exact) mass is 289 g/mol. The van der Waals surface area contributed by atoms with Crippen LogP contribution in [0.3, 0.4) is 0 Å². The minimum atomic E-state index is -0.504. The molecule has 0 radical (unpaired) electrons.